The summed E-state index contributed by atoms with van der Waals surface area (Å²) >= 11 is 12.0. The van der Waals surface area contributed by atoms with E-state index in [2.05, 4.69) is 4.74 Å². The second-order valence-corrected chi connectivity index (χ2v) is 5.21. The molecule has 0 saturated heterocycles. The number of carbonyl (C=O) groups excluding carboxylic acids is 1. The molecule has 1 rings (SSSR count). The number of esters is 1. The molecule has 0 aliphatic heterocycles. The van der Waals surface area contributed by atoms with Crippen LogP contribution in [0.25, 0.3) is 0 Å². The fraction of sp³-hybridized carbons (Fsp3) is 0.417. The number of methoxy groups -OCH3 is 1. The van der Waals surface area contributed by atoms with Crippen molar-refractivity contribution in [3.63, 3.8) is 0 Å². The van der Waals surface area contributed by atoms with E-state index in [1.165, 1.54) is 7.11 Å². The van der Waals surface area contributed by atoms with Gasteiger partial charge in [-0.2, -0.15) is 0 Å². The van der Waals surface area contributed by atoms with Crippen molar-refractivity contribution >= 4 is 29.2 Å². The summed E-state index contributed by atoms with van der Waals surface area (Å²) < 4.78 is 4.65. The van der Waals surface area contributed by atoms with Crippen molar-refractivity contribution in [2.24, 2.45) is 0 Å². The van der Waals surface area contributed by atoms with E-state index < -0.39 is 10.8 Å². The summed E-state index contributed by atoms with van der Waals surface area (Å²) in [4.78, 5) is 10.4. The highest BCUT2D eigenvalue weighted by Gasteiger charge is 2.32. The molecule has 1 unspecified atom stereocenters. The third-order valence-electron chi connectivity index (χ3n) is 2.44. The molecule has 0 aliphatic rings. The number of benzene rings is 1. The molecule has 0 aliphatic carbocycles. The molecule has 0 radical (unpaired) electrons. The molecule has 1 aromatic rings. The first-order chi connectivity index (χ1) is 7.36. The molecule has 0 fully saturated rings. The van der Waals surface area contributed by atoms with Gasteiger partial charge in [0.15, 0.2) is 0 Å². The van der Waals surface area contributed by atoms with Crippen LogP contribution in [0.2, 0.25) is 5.02 Å². The van der Waals surface area contributed by atoms with Crippen LogP contribution in [0.15, 0.2) is 18.2 Å². The van der Waals surface area contributed by atoms with E-state index in [4.69, 9.17) is 23.2 Å². The molecule has 0 spiro atoms. The lowest BCUT2D eigenvalue weighted by Gasteiger charge is -2.20. The first-order valence-electron chi connectivity index (χ1n) is 4.89. The van der Waals surface area contributed by atoms with Crippen LogP contribution in [-0.2, 0) is 16.0 Å². The monoisotopic (exact) mass is 260 g/mol. The second kappa shape index (κ2) is 5.07. The predicted molar refractivity (Wildman–Crippen MR) is 66.2 cm³/mol. The Bertz CT molecular complexity index is 400. The molecule has 2 nitrogen and oxygen atoms in total. The molecule has 88 valence electrons. The van der Waals surface area contributed by atoms with Crippen LogP contribution >= 0.6 is 23.2 Å². The van der Waals surface area contributed by atoms with Gasteiger partial charge in [-0.25, -0.2) is 0 Å². The quantitative estimate of drug-likeness (QED) is 0.616. The highest BCUT2D eigenvalue weighted by molar-refractivity contribution is 6.33. The summed E-state index contributed by atoms with van der Waals surface area (Å²) in [7, 11) is 1.33. The van der Waals surface area contributed by atoms with Gasteiger partial charge >= 0.3 is 5.97 Å². The molecule has 0 amide bonds. The first kappa shape index (κ1) is 13.3. The zero-order chi connectivity index (χ0) is 12.3. The maximum absolute atomic E-state index is 11.4. The topological polar surface area (TPSA) is 26.3 Å². The van der Waals surface area contributed by atoms with Crippen molar-refractivity contribution in [2.75, 3.05) is 7.11 Å². The van der Waals surface area contributed by atoms with Gasteiger partial charge in [0.25, 0.3) is 0 Å². The molecule has 4 heteroatoms. The van der Waals surface area contributed by atoms with Crippen LogP contribution in [0.3, 0.4) is 0 Å². The lowest BCUT2D eigenvalue weighted by atomic mass is 9.97. The number of aryl methyl sites for hydroxylation is 1. The smallest absolute Gasteiger partial charge is 0.326 e. The fourth-order valence-corrected chi connectivity index (χ4v) is 1.95. The van der Waals surface area contributed by atoms with Crippen molar-refractivity contribution in [1.82, 2.24) is 0 Å². The number of alkyl halides is 1. The zero-order valence-corrected chi connectivity index (χ0v) is 11.0. The highest BCUT2D eigenvalue weighted by Crippen LogP contribution is 2.25. The van der Waals surface area contributed by atoms with Gasteiger partial charge < -0.3 is 4.74 Å². The first-order valence-corrected chi connectivity index (χ1v) is 5.65. The molecule has 16 heavy (non-hydrogen) atoms. The Labute approximate surface area is 106 Å². The summed E-state index contributed by atoms with van der Waals surface area (Å²) in [5.74, 6) is -0.427. The largest absolute Gasteiger partial charge is 0.468 e. The standard InChI is InChI=1S/C12H14Cl2O2/c1-8-6-10(13)5-4-9(8)7-12(2,14)11(15)16-3/h4-6H,7H2,1-3H3. The van der Waals surface area contributed by atoms with E-state index in [9.17, 15) is 4.79 Å². The van der Waals surface area contributed by atoms with Gasteiger partial charge in [0.1, 0.15) is 4.87 Å². The summed E-state index contributed by atoms with van der Waals surface area (Å²) in [6.07, 6.45) is 0.421. The number of halogens is 2. The number of ether oxygens (including phenoxy) is 1. The lowest BCUT2D eigenvalue weighted by molar-refractivity contribution is -0.143. The Balaban J connectivity index is 2.92. The van der Waals surface area contributed by atoms with E-state index in [0.29, 0.717) is 11.4 Å². The van der Waals surface area contributed by atoms with Gasteiger partial charge in [0.2, 0.25) is 0 Å². The Morgan fingerprint density at radius 2 is 2.12 bits per heavy atom. The molecular weight excluding hydrogens is 247 g/mol. The molecule has 1 aromatic carbocycles. The molecule has 0 saturated carbocycles. The maximum Gasteiger partial charge on any atom is 0.326 e. The minimum atomic E-state index is -1.03. The predicted octanol–water partition coefficient (Wildman–Crippen LogP) is 3.36. The summed E-state index contributed by atoms with van der Waals surface area (Å²) in [6, 6.07) is 5.51. The SMILES string of the molecule is COC(=O)C(C)(Cl)Cc1ccc(Cl)cc1C. The van der Waals surface area contributed by atoms with E-state index >= 15 is 0 Å². The van der Waals surface area contributed by atoms with Crippen molar-refractivity contribution in [2.45, 2.75) is 25.1 Å². The van der Waals surface area contributed by atoms with Crippen LogP contribution < -0.4 is 0 Å². The van der Waals surface area contributed by atoms with Crippen LogP contribution in [0, 0.1) is 6.92 Å². The number of hydrogen-bond acceptors (Lipinski definition) is 2. The Hall–Kier alpha value is -0.730. The summed E-state index contributed by atoms with van der Waals surface area (Å²) in [5, 5.41) is 0.676. The average Bonchev–Trinajstić information content (AvgIpc) is 2.21. The van der Waals surface area contributed by atoms with Gasteiger partial charge in [0, 0.05) is 11.4 Å². The van der Waals surface area contributed by atoms with Gasteiger partial charge in [0.05, 0.1) is 7.11 Å². The zero-order valence-electron chi connectivity index (χ0n) is 9.51. The van der Waals surface area contributed by atoms with E-state index in [1.54, 1.807) is 13.0 Å². The minimum Gasteiger partial charge on any atom is -0.468 e. The highest BCUT2D eigenvalue weighted by atomic mass is 35.5. The fourth-order valence-electron chi connectivity index (χ4n) is 1.50. The van der Waals surface area contributed by atoms with Gasteiger partial charge in [-0.1, -0.05) is 17.7 Å². The molecule has 0 aromatic heterocycles. The second-order valence-electron chi connectivity index (χ2n) is 3.94. The van der Waals surface area contributed by atoms with E-state index in [-0.39, 0.29) is 0 Å². The molecule has 0 heterocycles. The van der Waals surface area contributed by atoms with Crippen LogP contribution in [0.1, 0.15) is 18.1 Å². The summed E-state index contributed by atoms with van der Waals surface area (Å²) in [6.45, 7) is 3.58. The van der Waals surface area contributed by atoms with Gasteiger partial charge in [-0.05, 0) is 37.1 Å². The molecule has 1 atom stereocenters. The number of hydrogen-bond donors (Lipinski definition) is 0. The Morgan fingerprint density at radius 1 is 1.50 bits per heavy atom. The maximum atomic E-state index is 11.4. The molecule has 0 bridgehead atoms. The van der Waals surface area contributed by atoms with E-state index in [0.717, 1.165) is 11.1 Å². The van der Waals surface area contributed by atoms with Crippen molar-refractivity contribution < 1.29 is 9.53 Å². The van der Waals surface area contributed by atoms with Gasteiger partial charge in [-0.15, -0.1) is 11.6 Å². The Morgan fingerprint density at radius 3 is 2.62 bits per heavy atom. The lowest BCUT2D eigenvalue weighted by Crippen LogP contribution is -2.32. The third kappa shape index (κ3) is 3.13. The summed E-state index contributed by atoms with van der Waals surface area (Å²) in [5.41, 5.74) is 2.01. The van der Waals surface area contributed by atoms with Crippen LogP contribution in [0.5, 0.6) is 0 Å². The van der Waals surface area contributed by atoms with E-state index in [1.807, 2.05) is 19.1 Å². The normalized spacial score (nSPS) is 14.3. The number of carbonyl (C=O) groups is 1. The van der Waals surface area contributed by atoms with Crippen molar-refractivity contribution in [3.8, 4) is 0 Å². The minimum absolute atomic E-state index is 0.421. The van der Waals surface area contributed by atoms with Crippen molar-refractivity contribution in [1.29, 1.82) is 0 Å². The van der Waals surface area contributed by atoms with Crippen LogP contribution in [-0.4, -0.2) is 18.0 Å². The Kier molecular flexibility index (Phi) is 4.22. The molecular formula is C12H14Cl2O2. The van der Waals surface area contributed by atoms with Crippen LogP contribution in [0.4, 0.5) is 0 Å². The van der Waals surface area contributed by atoms with Crippen molar-refractivity contribution in [3.05, 3.63) is 34.3 Å². The third-order valence-corrected chi connectivity index (χ3v) is 2.96. The average molecular weight is 261 g/mol. The van der Waals surface area contributed by atoms with Gasteiger partial charge in [-0.3, -0.25) is 4.79 Å². The number of rotatable bonds is 3. The molecule has 0 N–H and O–H groups in total.